The van der Waals surface area contributed by atoms with Crippen LogP contribution in [0.5, 0.6) is 0 Å². The molecule has 1 aromatic carbocycles. The Kier molecular flexibility index (Phi) is 7.64. The Bertz CT molecular complexity index is 660. The fourth-order valence-corrected chi connectivity index (χ4v) is 3.18. The summed E-state index contributed by atoms with van der Waals surface area (Å²) in [6.45, 7) is 5.49. The molecule has 1 aliphatic rings. The summed E-state index contributed by atoms with van der Waals surface area (Å²) in [5.74, 6) is -1.12. The summed E-state index contributed by atoms with van der Waals surface area (Å²) in [4.78, 5) is 37.5. The van der Waals surface area contributed by atoms with E-state index in [0.717, 1.165) is 31.2 Å². The number of carbonyl (C=O) groups excluding carboxylic acids is 2. The first kappa shape index (κ1) is 20.7. The lowest BCUT2D eigenvalue weighted by Crippen LogP contribution is -2.52. The zero-order valence-corrected chi connectivity index (χ0v) is 16.0. The van der Waals surface area contributed by atoms with Gasteiger partial charge in [0.25, 0.3) is 0 Å². The minimum atomic E-state index is -0.976. The van der Waals surface area contributed by atoms with Gasteiger partial charge in [-0.2, -0.15) is 0 Å². The zero-order valence-electron chi connectivity index (χ0n) is 16.0. The molecule has 7 heteroatoms. The molecule has 1 saturated heterocycles. The minimum Gasteiger partial charge on any atom is -0.478 e. The fourth-order valence-electron chi connectivity index (χ4n) is 3.18. The molecular formula is C20H29N3O4. The smallest absolute Gasteiger partial charge is 0.335 e. The second-order valence-electron chi connectivity index (χ2n) is 7.08. The van der Waals surface area contributed by atoms with Crippen molar-refractivity contribution in [1.29, 1.82) is 0 Å². The van der Waals surface area contributed by atoms with E-state index in [1.165, 1.54) is 12.1 Å². The number of piperidine rings is 1. The third-order valence-electron chi connectivity index (χ3n) is 4.99. The minimum absolute atomic E-state index is 0.0254. The van der Waals surface area contributed by atoms with Gasteiger partial charge in [-0.3, -0.25) is 4.79 Å². The number of nitrogens with one attached hydrogen (secondary N) is 2. The van der Waals surface area contributed by atoms with E-state index in [4.69, 9.17) is 5.11 Å². The maximum absolute atomic E-state index is 12.6. The number of unbranched alkanes of at least 4 members (excludes halogenated alkanes) is 1. The van der Waals surface area contributed by atoms with Crippen molar-refractivity contribution in [3.8, 4) is 0 Å². The Morgan fingerprint density at radius 2 is 1.85 bits per heavy atom. The zero-order chi connectivity index (χ0) is 19.8. The number of carboxylic acids is 1. The number of rotatable bonds is 7. The number of hydrogen-bond donors (Lipinski definition) is 3. The van der Waals surface area contributed by atoms with E-state index in [-0.39, 0.29) is 29.5 Å². The van der Waals surface area contributed by atoms with Crippen LogP contribution >= 0.6 is 0 Å². The highest BCUT2D eigenvalue weighted by Gasteiger charge is 2.32. The number of aromatic carboxylic acids is 1. The van der Waals surface area contributed by atoms with Crippen LogP contribution < -0.4 is 10.6 Å². The molecule has 0 saturated carbocycles. The van der Waals surface area contributed by atoms with Gasteiger partial charge in [0.2, 0.25) is 5.91 Å². The first-order chi connectivity index (χ1) is 12.9. The standard InChI is InChI=1S/C20H29N3O4/c1-3-4-11-21-18(24)17-8-5-14(2)23(13-17)20(27)22-12-15-6-9-16(10-7-15)19(25)26/h6-7,9-10,14,17H,3-5,8,11-13H2,1-2H3,(H,21,24)(H,22,27)(H,25,26). The number of carboxylic acid groups (broad SMARTS) is 1. The van der Waals surface area contributed by atoms with E-state index >= 15 is 0 Å². The number of benzene rings is 1. The highest BCUT2D eigenvalue weighted by atomic mass is 16.4. The fraction of sp³-hybridized carbons (Fsp3) is 0.550. The monoisotopic (exact) mass is 375 g/mol. The van der Waals surface area contributed by atoms with Gasteiger partial charge in [0.15, 0.2) is 0 Å². The molecule has 1 aromatic rings. The second kappa shape index (κ2) is 9.94. The lowest BCUT2D eigenvalue weighted by atomic mass is 9.93. The van der Waals surface area contributed by atoms with E-state index in [1.807, 2.05) is 6.92 Å². The van der Waals surface area contributed by atoms with E-state index in [0.29, 0.717) is 19.6 Å². The van der Waals surface area contributed by atoms with Crippen LogP contribution in [0.25, 0.3) is 0 Å². The molecule has 2 atom stereocenters. The number of urea groups is 1. The number of likely N-dealkylation sites (tertiary alicyclic amines) is 1. The largest absolute Gasteiger partial charge is 0.478 e. The molecule has 3 amide bonds. The van der Waals surface area contributed by atoms with Gasteiger partial charge in [0.05, 0.1) is 11.5 Å². The Morgan fingerprint density at radius 1 is 1.15 bits per heavy atom. The quantitative estimate of drug-likeness (QED) is 0.638. The molecule has 0 spiro atoms. The van der Waals surface area contributed by atoms with Crippen LogP contribution in [0.2, 0.25) is 0 Å². The predicted octanol–water partition coefficient (Wildman–Crippen LogP) is 2.61. The van der Waals surface area contributed by atoms with Crippen LogP contribution in [-0.4, -0.2) is 47.0 Å². The van der Waals surface area contributed by atoms with Crippen LogP contribution in [0.15, 0.2) is 24.3 Å². The summed E-state index contributed by atoms with van der Waals surface area (Å²) in [5.41, 5.74) is 1.04. The molecule has 2 rings (SSSR count). The summed E-state index contributed by atoms with van der Waals surface area (Å²) < 4.78 is 0. The predicted molar refractivity (Wildman–Crippen MR) is 102 cm³/mol. The summed E-state index contributed by atoms with van der Waals surface area (Å²) in [7, 11) is 0. The van der Waals surface area contributed by atoms with Crippen molar-refractivity contribution < 1.29 is 19.5 Å². The van der Waals surface area contributed by atoms with Crippen molar-refractivity contribution in [2.75, 3.05) is 13.1 Å². The second-order valence-corrected chi connectivity index (χ2v) is 7.08. The molecule has 0 aromatic heterocycles. The van der Waals surface area contributed by atoms with Gasteiger partial charge in [-0.05, 0) is 43.9 Å². The van der Waals surface area contributed by atoms with Gasteiger partial charge in [0.1, 0.15) is 0 Å². The third-order valence-corrected chi connectivity index (χ3v) is 4.99. The maximum Gasteiger partial charge on any atom is 0.335 e. The average Bonchev–Trinajstić information content (AvgIpc) is 2.66. The van der Waals surface area contributed by atoms with Crippen LogP contribution in [0.3, 0.4) is 0 Å². The van der Waals surface area contributed by atoms with Gasteiger partial charge in [-0.15, -0.1) is 0 Å². The van der Waals surface area contributed by atoms with E-state index in [2.05, 4.69) is 17.6 Å². The van der Waals surface area contributed by atoms with Crippen LogP contribution in [0.4, 0.5) is 4.79 Å². The molecule has 7 nitrogen and oxygen atoms in total. The summed E-state index contributed by atoms with van der Waals surface area (Å²) in [6.07, 6.45) is 3.58. The molecular weight excluding hydrogens is 346 g/mol. The van der Waals surface area contributed by atoms with Gasteiger partial charge >= 0.3 is 12.0 Å². The van der Waals surface area contributed by atoms with E-state index < -0.39 is 5.97 Å². The Morgan fingerprint density at radius 3 is 2.48 bits per heavy atom. The van der Waals surface area contributed by atoms with Crippen LogP contribution in [-0.2, 0) is 11.3 Å². The first-order valence-corrected chi connectivity index (χ1v) is 9.56. The number of amides is 3. The van der Waals surface area contributed by atoms with Crippen molar-refractivity contribution in [1.82, 2.24) is 15.5 Å². The molecule has 1 heterocycles. The first-order valence-electron chi connectivity index (χ1n) is 9.56. The van der Waals surface area contributed by atoms with E-state index in [1.54, 1.807) is 17.0 Å². The van der Waals surface area contributed by atoms with Crippen LogP contribution in [0, 0.1) is 5.92 Å². The summed E-state index contributed by atoms with van der Waals surface area (Å²) in [5, 5.41) is 14.7. The number of nitrogens with zero attached hydrogens (tertiary/aromatic N) is 1. The molecule has 0 radical (unpaired) electrons. The summed E-state index contributed by atoms with van der Waals surface area (Å²) in [6, 6.07) is 6.30. The Hall–Kier alpha value is -2.57. The molecule has 1 aliphatic heterocycles. The van der Waals surface area contributed by atoms with Gasteiger partial charge in [0, 0.05) is 25.7 Å². The van der Waals surface area contributed by atoms with Crippen LogP contribution in [0.1, 0.15) is 55.5 Å². The highest BCUT2D eigenvalue weighted by molar-refractivity contribution is 5.87. The van der Waals surface area contributed by atoms with Gasteiger partial charge in [-0.1, -0.05) is 25.5 Å². The van der Waals surface area contributed by atoms with Gasteiger partial charge in [-0.25, -0.2) is 9.59 Å². The van der Waals surface area contributed by atoms with Crippen molar-refractivity contribution in [3.05, 3.63) is 35.4 Å². The maximum atomic E-state index is 12.6. The highest BCUT2D eigenvalue weighted by Crippen LogP contribution is 2.22. The molecule has 0 aliphatic carbocycles. The normalized spacial score (nSPS) is 19.4. The van der Waals surface area contributed by atoms with Crippen molar-refractivity contribution in [2.45, 2.75) is 52.1 Å². The Labute approximate surface area is 160 Å². The molecule has 0 bridgehead atoms. The molecule has 3 N–H and O–H groups in total. The van der Waals surface area contributed by atoms with Crippen molar-refractivity contribution >= 4 is 17.9 Å². The average molecular weight is 375 g/mol. The lowest BCUT2D eigenvalue weighted by molar-refractivity contribution is -0.126. The number of carbonyl (C=O) groups is 3. The topological polar surface area (TPSA) is 98.7 Å². The van der Waals surface area contributed by atoms with Crippen molar-refractivity contribution in [3.63, 3.8) is 0 Å². The van der Waals surface area contributed by atoms with Crippen molar-refractivity contribution in [2.24, 2.45) is 5.92 Å². The SMILES string of the molecule is CCCCNC(=O)C1CCC(C)N(C(=O)NCc2ccc(C(=O)O)cc2)C1. The van der Waals surface area contributed by atoms with Gasteiger partial charge < -0.3 is 20.6 Å². The molecule has 2 unspecified atom stereocenters. The third kappa shape index (κ3) is 5.98. The molecule has 1 fully saturated rings. The molecule has 27 heavy (non-hydrogen) atoms. The van der Waals surface area contributed by atoms with E-state index in [9.17, 15) is 14.4 Å². The molecule has 148 valence electrons. The number of hydrogen-bond acceptors (Lipinski definition) is 3. The lowest BCUT2D eigenvalue weighted by Gasteiger charge is -2.37. The Balaban J connectivity index is 1.87. The summed E-state index contributed by atoms with van der Waals surface area (Å²) >= 11 is 0.